The number of anilines is 1. The van der Waals surface area contributed by atoms with Gasteiger partial charge in [-0.25, -0.2) is 9.97 Å². The summed E-state index contributed by atoms with van der Waals surface area (Å²) in [6.45, 7) is 1.95. The molecule has 2 aromatic heterocycles. The number of amides is 1. The van der Waals surface area contributed by atoms with Crippen molar-refractivity contribution in [3.8, 4) is 0 Å². The third-order valence-corrected chi connectivity index (χ3v) is 3.40. The van der Waals surface area contributed by atoms with Gasteiger partial charge in [0.2, 0.25) is 5.91 Å². The van der Waals surface area contributed by atoms with Gasteiger partial charge in [-0.2, -0.15) is 0 Å². The molecule has 0 unspecified atom stereocenters. The van der Waals surface area contributed by atoms with Crippen LogP contribution < -0.4 is 5.32 Å². The molecular weight excluding hydrogens is 270 g/mol. The zero-order valence-corrected chi connectivity index (χ0v) is 11.4. The molecule has 0 aromatic carbocycles. The average Bonchev–Trinajstić information content (AvgIpc) is 2.79. The van der Waals surface area contributed by atoms with E-state index in [-0.39, 0.29) is 12.3 Å². The van der Waals surface area contributed by atoms with E-state index in [1.54, 1.807) is 12.3 Å². The number of aryl methyl sites for hydroxylation is 1. The minimum Gasteiger partial charge on any atom is -0.310 e. The van der Waals surface area contributed by atoms with Gasteiger partial charge >= 0.3 is 0 Å². The zero-order chi connectivity index (χ0) is 13.0. The second-order valence-corrected chi connectivity index (χ2v) is 5.02. The number of hydrogen-bond donors (Lipinski definition) is 1. The monoisotopic (exact) mass is 281 g/mol. The summed E-state index contributed by atoms with van der Waals surface area (Å²) < 4.78 is 0. The molecule has 4 nitrogen and oxygen atoms in total. The number of hydrogen-bond acceptors (Lipinski definition) is 4. The fourth-order valence-corrected chi connectivity index (χ4v) is 2.38. The number of nitrogens with one attached hydrogen (secondary N) is 1. The van der Waals surface area contributed by atoms with Gasteiger partial charge in [-0.15, -0.1) is 22.9 Å². The van der Waals surface area contributed by atoms with E-state index in [0.29, 0.717) is 11.7 Å². The second kappa shape index (κ2) is 5.93. The summed E-state index contributed by atoms with van der Waals surface area (Å²) in [6, 6.07) is 3.68. The van der Waals surface area contributed by atoms with Gasteiger partial charge in [0.25, 0.3) is 0 Å². The Labute approximate surface area is 114 Å². The highest BCUT2D eigenvalue weighted by atomic mass is 35.5. The molecule has 18 heavy (non-hydrogen) atoms. The first-order chi connectivity index (χ1) is 8.67. The summed E-state index contributed by atoms with van der Waals surface area (Å²) in [5.41, 5.74) is 1.86. The topological polar surface area (TPSA) is 54.9 Å². The fraction of sp³-hybridized carbons (Fsp3) is 0.250. The summed E-state index contributed by atoms with van der Waals surface area (Å²) in [7, 11) is 0. The fourth-order valence-electron chi connectivity index (χ4n) is 1.36. The Kier molecular flexibility index (Phi) is 4.28. The van der Waals surface area contributed by atoms with E-state index in [2.05, 4.69) is 15.3 Å². The van der Waals surface area contributed by atoms with Crippen LogP contribution in [-0.2, 0) is 17.1 Å². The molecule has 0 saturated heterocycles. The summed E-state index contributed by atoms with van der Waals surface area (Å²) in [5, 5.41) is 5.35. The Balaban J connectivity index is 1.94. The van der Waals surface area contributed by atoms with Crippen molar-refractivity contribution < 1.29 is 4.79 Å². The van der Waals surface area contributed by atoms with Crippen molar-refractivity contribution in [2.45, 2.75) is 19.2 Å². The van der Waals surface area contributed by atoms with Gasteiger partial charge in [0.15, 0.2) is 0 Å². The van der Waals surface area contributed by atoms with Crippen LogP contribution in [-0.4, -0.2) is 15.9 Å². The number of aromatic nitrogens is 2. The molecule has 1 N–H and O–H groups in total. The number of carbonyl (C=O) groups is 1. The molecule has 1 amide bonds. The number of alkyl halides is 1. The lowest BCUT2D eigenvalue weighted by molar-refractivity contribution is -0.115. The van der Waals surface area contributed by atoms with Crippen LogP contribution in [0.2, 0.25) is 0 Å². The normalized spacial score (nSPS) is 10.3. The lowest BCUT2D eigenvalue weighted by atomic mass is 10.3. The number of carbonyl (C=O) groups excluding carboxylic acids is 1. The van der Waals surface area contributed by atoms with Gasteiger partial charge in [0, 0.05) is 11.6 Å². The van der Waals surface area contributed by atoms with Gasteiger partial charge in [0.05, 0.1) is 18.0 Å². The number of halogens is 1. The zero-order valence-electron chi connectivity index (χ0n) is 9.81. The molecule has 0 aliphatic carbocycles. The van der Waals surface area contributed by atoms with Crippen molar-refractivity contribution in [2.75, 3.05) is 5.32 Å². The van der Waals surface area contributed by atoms with E-state index in [1.807, 2.05) is 18.4 Å². The highest BCUT2D eigenvalue weighted by Gasteiger charge is 2.08. The number of rotatable bonds is 4. The molecule has 2 heterocycles. The quantitative estimate of drug-likeness (QED) is 0.877. The van der Waals surface area contributed by atoms with Crippen molar-refractivity contribution in [2.24, 2.45) is 0 Å². The van der Waals surface area contributed by atoms with Crippen molar-refractivity contribution in [1.82, 2.24) is 9.97 Å². The maximum atomic E-state index is 11.7. The Bertz CT molecular complexity index is 539. The molecule has 2 rings (SSSR count). The summed E-state index contributed by atoms with van der Waals surface area (Å²) >= 11 is 7.09. The summed E-state index contributed by atoms with van der Waals surface area (Å²) in [6.07, 6.45) is 1.96. The second-order valence-electron chi connectivity index (χ2n) is 3.81. The third-order valence-electron chi connectivity index (χ3n) is 2.23. The van der Waals surface area contributed by atoms with Crippen molar-refractivity contribution in [3.05, 3.63) is 40.0 Å². The first kappa shape index (κ1) is 13.0. The molecule has 0 aliphatic rings. The maximum Gasteiger partial charge on any atom is 0.232 e. The molecule has 0 bridgehead atoms. The van der Waals surface area contributed by atoms with Gasteiger partial charge < -0.3 is 5.32 Å². The van der Waals surface area contributed by atoms with Crippen LogP contribution in [0.3, 0.4) is 0 Å². The highest BCUT2D eigenvalue weighted by molar-refractivity contribution is 7.09. The number of nitrogens with zero attached hydrogens (tertiary/aromatic N) is 2. The SMILES string of the molecule is Cc1ccc(NC(=O)Cc2nc(CCl)cs2)nc1. The number of thiazole rings is 1. The van der Waals surface area contributed by atoms with E-state index in [1.165, 1.54) is 11.3 Å². The van der Waals surface area contributed by atoms with Gasteiger partial charge in [-0.3, -0.25) is 4.79 Å². The molecule has 2 aromatic rings. The summed E-state index contributed by atoms with van der Waals surface area (Å²) in [4.78, 5) is 20.1. The van der Waals surface area contributed by atoms with E-state index < -0.39 is 0 Å². The van der Waals surface area contributed by atoms with Gasteiger partial charge in [0.1, 0.15) is 10.8 Å². The van der Waals surface area contributed by atoms with Crippen molar-refractivity contribution in [3.63, 3.8) is 0 Å². The lowest BCUT2D eigenvalue weighted by Gasteiger charge is -2.02. The minimum absolute atomic E-state index is 0.123. The van der Waals surface area contributed by atoms with Gasteiger partial charge in [-0.1, -0.05) is 6.07 Å². The lowest BCUT2D eigenvalue weighted by Crippen LogP contribution is -2.15. The van der Waals surface area contributed by atoms with Crippen LogP contribution in [0.4, 0.5) is 5.82 Å². The standard InChI is InChI=1S/C12H12ClN3OS/c1-8-2-3-10(14-6-8)16-11(17)4-12-15-9(5-13)7-18-12/h2-3,6-7H,4-5H2,1H3,(H,14,16,17). The number of pyridine rings is 1. The first-order valence-electron chi connectivity index (χ1n) is 5.39. The van der Waals surface area contributed by atoms with Crippen LogP contribution >= 0.6 is 22.9 Å². The maximum absolute atomic E-state index is 11.7. The summed E-state index contributed by atoms with van der Waals surface area (Å²) in [5.74, 6) is 0.805. The molecular formula is C12H12ClN3OS. The average molecular weight is 282 g/mol. The Morgan fingerprint density at radius 1 is 1.50 bits per heavy atom. The molecule has 0 saturated carbocycles. The highest BCUT2D eigenvalue weighted by Crippen LogP contribution is 2.13. The van der Waals surface area contributed by atoms with Crippen molar-refractivity contribution in [1.29, 1.82) is 0 Å². The molecule has 0 atom stereocenters. The van der Waals surface area contributed by atoms with E-state index in [4.69, 9.17) is 11.6 Å². The molecule has 94 valence electrons. The van der Waals surface area contributed by atoms with Crippen molar-refractivity contribution >= 4 is 34.7 Å². The molecule has 0 spiro atoms. The first-order valence-corrected chi connectivity index (χ1v) is 6.80. The van der Waals surface area contributed by atoms with Crippen LogP contribution in [0.15, 0.2) is 23.7 Å². The molecule has 0 fully saturated rings. The van der Waals surface area contributed by atoms with Crippen LogP contribution in [0.1, 0.15) is 16.3 Å². The Morgan fingerprint density at radius 3 is 2.94 bits per heavy atom. The Morgan fingerprint density at radius 2 is 2.33 bits per heavy atom. The van der Waals surface area contributed by atoms with Crippen LogP contribution in [0, 0.1) is 6.92 Å². The van der Waals surface area contributed by atoms with Crippen LogP contribution in [0.25, 0.3) is 0 Å². The predicted octanol–water partition coefficient (Wildman–Crippen LogP) is 2.77. The molecule has 0 radical (unpaired) electrons. The van der Waals surface area contributed by atoms with Gasteiger partial charge in [-0.05, 0) is 18.6 Å². The predicted molar refractivity (Wildman–Crippen MR) is 73.0 cm³/mol. The van der Waals surface area contributed by atoms with E-state index >= 15 is 0 Å². The van der Waals surface area contributed by atoms with E-state index in [0.717, 1.165) is 16.3 Å². The molecule has 0 aliphatic heterocycles. The minimum atomic E-state index is -0.123. The smallest absolute Gasteiger partial charge is 0.232 e. The Hall–Kier alpha value is -1.46. The third kappa shape index (κ3) is 3.51. The van der Waals surface area contributed by atoms with E-state index in [9.17, 15) is 4.79 Å². The van der Waals surface area contributed by atoms with Crippen LogP contribution in [0.5, 0.6) is 0 Å². The molecule has 6 heteroatoms. The largest absolute Gasteiger partial charge is 0.310 e.